The van der Waals surface area contributed by atoms with E-state index in [0.29, 0.717) is 23.7 Å². The lowest BCUT2D eigenvalue weighted by atomic mass is 10.1. The predicted molar refractivity (Wildman–Crippen MR) is 114 cm³/mol. The molecule has 0 fully saturated rings. The highest BCUT2D eigenvalue weighted by Crippen LogP contribution is 2.20. The summed E-state index contributed by atoms with van der Waals surface area (Å²) in [5.41, 5.74) is 1.27. The third kappa shape index (κ3) is 5.78. The standard InChI is InChI=1S/C22H22ClFN2O2S/c1-3-15(2)26(22(27)16-4-8-18(24)9-5-16)12-19-14-29-21(25-19)13-28-20-10-6-17(23)7-11-20/h4-11,14-15H,3,12-13H2,1-2H3. The Hall–Kier alpha value is -2.44. The van der Waals surface area contributed by atoms with Gasteiger partial charge in [0.25, 0.3) is 5.91 Å². The van der Waals surface area contributed by atoms with Crippen molar-refractivity contribution in [3.8, 4) is 5.75 Å². The monoisotopic (exact) mass is 432 g/mol. The molecule has 0 bridgehead atoms. The number of thiazole rings is 1. The minimum absolute atomic E-state index is 0.0306. The minimum Gasteiger partial charge on any atom is -0.486 e. The summed E-state index contributed by atoms with van der Waals surface area (Å²) < 4.78 is 18.9. The van der Waals surface area contributed by atoms with Crippen molar-refractivity contribution in [2.45, 2.75) is 39.5 Å². The zero-order chi connectivity index (χ0) is 20.8. The van der Waals surface area contributed by atoms with Gasteiger partial charge in [0.05, 0.1) is 12.2 Å². The number of carbonyl (C=O) groups is 1. The van der Waals surface area contributed by atoms with Crippen molar-refractivity contribution in [2.24, 2.45) is 0 Å². The maximum Gasteiger partial charge on any atom is 0.254 e. The van der Waals surface area contributed by atoms with E-state index in [9.17, 15) is 9.18 Å². The van der Waals surface area contributed by atoms with Crippen molar-refractivity contribution in [3.63, 3.8) is 0 Å². The van der Waals surface area contributed by atoms with Crippen LogP contribution in [0.2, 0.25) is 5.02 Å². The molecule has 1 aromatic heterocycles. The fourth-order valence-corrected chi connectivity index (χ4v) is 3.57. The van der Waals surface area contributed by atoms with E-state index in [1.54, 1.807) is 17.0 Å². The lowest BCUT2D eigenvalue weighted by Crippen LogP contribution is -2.37. The van der Waals surface area contributed by atoms with Gasteiger partial charge in [-0.05, 0) is 61.9 Å². The first-order valence-corrected chi connectivity index (χ1v) is 10.6. The Labute approximate surface area is 178 Å². The molecule has 3 rings (SSSR count). The lowest BCUT2D eigenvalue weighted by Gasteiger charge is -2.28. The number of halogens is 2. The van der Waals surface area contributed by atoms with E-state index in [1.165, 1.54) is 35.6 Å². The molecule has 0 aliphatic carbocycles. The van der Waals surface area contributed by atoms with Crippen molar-refractivity contribution in [1.29, 1.82) is 0 Å². The molecule has 0 aliphatic rings. The summed E-state index contributed by atoms with van der Waals surface area (Å²) >= 11 is 7.37. The SMILES string of the molecule is CCC(C)N(Cc1csc(COc2ccc(Cl)cc2)n1)C(=O)c1ccc(F)cc1. The van der Waals surface area contributed by atoms with Gasteiger partial charge < -0.3 is 9.64 Å². The zero-order valence-electron chi connectivity index (χ0n) is 16.3. The molecule has 29 heavy (non-hydrogen) atoms. The Balaban J connectivity index is 1.67. The van der Waals surface area contributed by atoms with Crippen molar-refractivity contribution >= 4 is 28.8 Å². The summed E-state index contributed by atoms with van der Waals surface area (Å²) in [6, 6.07) is 12.8. The minimum atomic E-state index is -0.360. The maximum atomic E-state index is 13.2. The predicted octanol–water partition coefficient (Wildman–Crippen LogP) is 5.96. The number of aromatic nitrogens is 1. The summed E-state index contributed by atoms with van der Waals surface area (Å²) in [7, 11) is 0. The highest BCUT2D eigenvalue weighted by Gasteiger charge is 2.22. The summed E-state index contributed by atoms with van der Waals surface area (Å²) in [4.78, 5) is 19.3. The van der Waals surface area contributed by atoms with Gasteiger partial charge in [0.2, 0.25) is 0 Å². The normalized spacial score (nSPS) is 11.9. The molecule has 1 unspecified atom stereocenters. The van der Waals surface area contributed by atoms with E-state index < -0.39 is 0 Å². The average Bonchev–Trinajstić information content (AvgIpc) is 3.18. The van der Waals surface area contributed by atoms with E-state index in [1.807, 2.05) is 31.4 Å². The Morgan fingerprint density at radius 3 is 2.55 bits per heavy atom. The Morgan fingerprint density at radius 1 is 1.21 bits per heavy atom. The molecule has 0 radical (unpaired) electrons. The van der Waals surface area contributed by atoms with Crippen molar-refractivity contribution in [1.82, 2.24) is 9.88 Å². The van der Waals surface area contributed by atoms with Crippen LogP contribution in [-0.2, 0) is 13.2 Å². The van der Waals surface area contributed by atoms with Gasteiger partial charge in [-0.2, -0.15) is 0 Å². The number of carbonyl (C=O) groups excluding carboxylic acids is 1. The first kappa shape index (κ1) is 21.3. The summed E-state index contributed by atoms with van der Waals surface area (Å²) in [6.07, 6.45) is 0.809. The largest absolute Gasteiger partial charge is 0.486 e. The third-order valence-electron chi connectivity index (χ3n) is 4.58. The van der Waals surface area contributed by atoms with E-state index in [0.717, 1.165) is 22.9 Å². The second-order valence-electron chi connectivity index (χ2n) is 6.67. The number of benzene rings is 2. The highest BCUT2D eigenvalue weighted by atomic mass is 35.5. The molecule has 3 aromatic rings. The fourth-order valence-electron chi connectivity index (χ4n) is 2.74. The van der Waals surface area contributed by atoms with Gasteiger partial charge in [0, 0.05) is 22.0 Å². The van der Waals surface area contributed by atoms with Gasteiger partial charge in [0.1, 0.15) is 23.2 Å². The Kier molecular flexibility index (Phi) is 7.23. The molecular formula is C22H22ClFN2O2S. The number of rotatable bonds is 8. The van der Waals surface area contributed by atoms with Crippen molar-refractivity contribution in [2.75, 3.05) is 0 Å². The quantitative estimate of drug-likeness (QED) is 0.441. The first-order valence-electron chi connectivity index (χ1n) is 9.34. The van der Waals surface area contributed by atoms with E-state index in [-0.39, 0.29) is 17.8 Å². The highest BCUT2D eigenvalue weighted by molar-refractivity contribution is 7.09. The first-order chi connectivity index (χ1) is 14.0. The smallest absolute Gasteiger partial charge is 0.254 e. The molecule has 1 heterocycles. The van der Waals surface area contributed by atoms with Gasteiger partial charge in [0.15, 0.2) is 0 Å². The number of hydrogen-bond donors (Lipinski definition) is 0. The second-order valence-corrected chi connectivity index (χ2v) is 8.05. The number of hydrogen-bond acceptors (Lipinski definition) is 4. The fraction of sp³-hybridized carbons (Fsp3) is 0.273. The van der Waals surface area contributed by atoms with Crippen LogP contribution in [0.4, 0.5) is 4.39 Å². The molecule has 0 spiro atoms. The summed E-state index contributed by atoms with van der Waals surface area (Å²) in [5, 5.41) is 3.42. The maximum absolute atomic E-state index is 13.2. The van der Waals surface area contributed by atoms with Crippen LogP contribution in [0, 0.1) is 5.82 Å². The molecule has 4 nitrogen and oxygen atoms in total. The van der Waals surface area contributed by atoms with Crippen LogP contribution in [0.25, 0.3) is 0 Å². The van der Waals surface area contributed by atoms with Gasteiger partial charge in [-0.3, -0.25) is 4.79 Å². The summed E-state index contributed by atoms with van der Waals surface area (Å²) in [6.45, 7) is 4.77. The van der Waals surface area contributed by atoms with E-state index in [2.05, 4.69) is 4.98 Å². The molecule has 0 saturated carbocycles. The van der Waals surface area contributed by atoms with Crippen molar-refractivity contribution < 1.29 is 13.9 Å². The Morgan fingerprint density at radius 2 is 1.90 bits per heavy atom. The average molecular weight is 433 g/mol. The molecule has 1 atom stereocenters. The van der Waals surface area contributed by atoms with Crippen LogP contribution in [0.15, 0.2) is 53.9 Å². The molecular weight excluding hydrogens is 411 g/mol. The molecule has 2 aromatic carbocycles. The molecule has 7 heteroatoms. The molecule has 0 N–H and O–H groups in total. The molecule has 0 aliphatic heterocycles. The van der Waals surface area contributed by atoms with Crippen LogP contribution in [0.1, 0.15) is 41.3 Å². The topological polar surface area (TPSA) is 42.4 Å². The van der Waals surface area contributed by atoms with Gasteiger partial charge in [-0.25, -0.2) is 9.37 Å². The third-order valence-corrected chi connectivity index (χ3v) is 5.71. The number of nitrogens with zero attached hydrogens (tertiary/aromatic N) is 2. The van der Waals surface area contributed by atoms with Gasteiger partial charge in [-0.1, -0.05) is 18.5 Å². The van der Waals surface area contributed by atoms with Crippen LogP contribution in [-0.4, -0.2) is 21.8 Å². The van der Waals surface area contributed by atoms with Crippen molar-refractivity contribution in [3.05, 3.63) is 81.0 Å². The van der Waals surface area contributed by atoms with Gasteiger partial charge in [-0.15, -0.1) is 11.3 Å². The molecule has 152 valence electrons. The lowest BCUT2D eigenvalue weighted by molar-refractivity contribution is 0.0669. The van der Waals surface area contributed by atoms with E-state index >= 15 is 0 Å². The summed E-state index contributed by atoms with van der Waals surface area (Å²) in [5.74, 6) is 0.228. The molecule has 1 amide bonds. The number of amides is 1. The number of ether oxygens (including phenoxy) is 1. The second kappa shape index (κ2) is 9.85. The Bertz CT molecular complexity index is 944. The van der Waals surface area contributed by atoms with Gasteiger partial charge >= 0.3 is 0 Å². The van der Waals surface area contributed by atoms with Crippen LogP contribution < -0.4 is 4.74 Å². The van der Waals surface area contributed by atoms with Crippen LogP contribution >= 0.6 is 22.9 Å². The molecule has 0 saturated heterocycles. The van der Waals surface area contributed by atoms with E-state index in [4.69, 9.17) is 16.3 Å². The van der Waals surface area contributed by atoms with Crippen LogP contribution in [0.3, 0.4) is 0 Å². The zero-order valence-corrected chi connectivity index (χ0v) is 17.8. The van der Waals surface area contributed by atoms with Crippen LogP contribution in [0.5, 0.6) is 5.75 Å².